The van der Waals surface area contributed by atoms with Gasteiger partial charge in [0.1, 0.15) is 11.6 Å². The molecule has 0 atom stereocenters. The van der Waals surface area contributed by atoms with Gasteiger partial charge in [-0.05, 0) is 44.4 Å². The van der Waals surface area contributed by atoms with Crippen molar-refractivity contribution >= 4 is 41.0 Å². The van der Waals surface area contributed by atoms with E-state index in [1.54, 1.807) is 7.11 Å². The summed E-state index contributed by atoms with van der Waals surface area (Å²) in [6.07, 6.45) is 3.34. The van der Waals surface area contributed by atoms with Gasteiger partial charge in [-0.15, -0.1) is 24.0 Å². The predicted octanol–water partition coefficient (Wildman–Crippen LogP) is 4.26. The molecule has 1 aromatic heterocycles. The normalized spacial score (nSPS) is 14.7. The summed E-state index contributed by atoms with van der Waals surface area (Å²) >= 11 is 0. The third-order valence-electron chi connectivity index (χ3n) is 6.05. The molecular weight excluding hydrogens is 501 g/mol. The number of nitrogens with zero attached hydrogens (tertiary/aromatic N) is 3. The molecule has 0 radical (unpaired) electrons. The fraction of sp³-hybridized carbons (Fsp3) is 0.417. The van der Waals surface area contributed by atoms with Crippen molar-refractivity contribution in [3.05, 3.63) is 59.9 Å². The zero-order valence-corrected chi connectivity index (χ0v) is 20.8. The Balaban J connectivity index is 0.00000272. The second-order valence-electron chi connectivity index (χ2n) is 7.99. The highest BCUT2D eigenvalue weighted by Crippen LogP contribution is 2.50. The van der Waals surface area contributed by atoms with E-state index >= 15 is 0 Å². The standard InChI is InChI=1S/C24H31N5O.HI/c1-18-28-20-10-5-6-11-21(20)29(18)16-8-15-26-23(25-2)27-17-24(13-14-24)19-9-4-7-12-22(19)30-3;/h4-7,9-12H,8,13-17H2,1-3H3,(H2,25,26,27);1H. The van der Waals surface area contributed by atoms with Crippen molar-refractivity contribution in [3.63, 3.8) is 0 Å². The first-order valence-corrected chi connectivity index (χ1v) is 10.7. The Kier molecular flexibility index (Phi) is 7.80. The van der Waals surface area contributed by atoms with Crippen LogP contribution in [0.3, 0.4) is 0 Å². The average molecular weight is 533 g/mol. The molecule has 1 aliphatic carbocycles. The van der Waals surface area contributed by atoms with Gasteiger partial charge in [-0.2, -0.15) is 0 Å². The molecule has 2 N–H and O–H groups in total. The second-order valence-corrected chi connectivity index (χ2v) is 7.99. The van der Waals surface area contributed by atoms with Gasteiger partial charge >= 0.3 is 0 Å². The zero-order chi connectivity index (χ0) is 21.0. The molecule has 0 saturated heterocycles. The Labute approximate surface area is 201 Å². The van der Waals surface area contributed by atoms with Gasteiger partial charge in [-0.3, -0.25) is 4.99 Å². The van der Waals surface area contributed by atoms with Crippen LogP contribution in [0.2, 0.25) is 0 Å². The summed E-state index contributed by atoms with van der Waals surface area (Å²) in [5.41, 5.74) is 3.70. The molecule has 0 amide bonds. The summed E-state index contributed by atoms with van der Waals surface area (Å²) < 4.78 is 7.86. The number of ether oxygens (including phenoxy) is 1. The molecule has 7 heteroatoms. The van der Waals surface area contributed by atoms with E-state index in [1.165, 1.54) is 23.9 Å². The van der Waals surface area contributed by atoms with Gasteiger partial charge in [0.2, 0.25) is 0 Å². The number of aryl methyl sites for hydroxylation is 2. The summed E-state index contributed by atoms with van der Waals surface area (Å²) in [4.78, 5) is 9.05. The van der Waals surface area contributed by atoms with Gasteiger partial charge in [0, 0.05) is 37.7 Å². The van der Waals surface area contributed by atoms with E-state index in [0.29, 0.717) is 0 Å². The number of methoxy groups -OCH3 is 1. The summed E-state index contributed by atoms with van der Waals surface area (Å²) in [5, 5.41) is 6.97. The summed E-state index contributed by atoms with van der Waals surface area (Å²) in [6, 6.07) is 16.7. The average Bonchev–Trinajstić information content (AvgIpc) is 3.50. The van der Waals surface area contributed by atoms with Crippen LogP contribution in [-0.2, 0) is 12.0 Å². The molecule has 31 heavy (non-hydrogen) atoms. The number of imidazole rings is 1. The van der Waals surface area contributed by atoms with Crippen molar-refractivity contribution < 1.29 is 4.74 Å². The van der Waals surface area contributed by atoms with Crippen LogP contribution in [0.25, 0.3) is 11.0 Å². The highest BCUT2D eigenvalue weighted by Gasteiger charge is 2.46. The third-order valence-corrected chi connectivity index (χ3v) is 6.05. The van der Waals surface area contributed by atoms with E-state index < -0.39 is 0 Å². The van der Waals surface area contributed by atoms with Crippen LogP contribution in [0, 0.1) is 6.92 Å². The molecule has 0 aliphatic heterocycles. The van der Waals surface area contributed by atoms with Crippen molar-refractivity contribution in [1.82, 2.24) is 20.2 Å². The molecule has 0 bridgehead atoms. The highest BCUT2D eigenvalue weighted by atomic mass is 127. The Morgan fingerprint density at radius 3 is 2.61 bits per heavy atom. The van der Waals surface area contributed by atoms with Crippen molar-refractivity contribution in [2.75, 3.05) is 27.2 Å². The smallest absolute Gasteiger partial charge is 0.191 e. The van der Waals surface area contributed by atoms with E-state index in [-0.39, 0.29) is 29.4 Å². The Morgan fingerprint density at radius 2 is 1.87 bits per heavy atom. The SMILES string of the molecule is CN=C(NCCCn1c(C)nc2ccccc21)NCC1(c2ccccc2OC)CC1.I. The van der Waals surface area contributed by atoms with Crippen LogP contribution in [0.1, 0.15) is 30.7 Å². The van der Waals surface area contributed by atoms with Crippen LogP contribution >= 0.6 is 24.0 Å². The third kappa shape index (κ3) is 5.14. The van der Waals surface area contributed by atoms with Crippen molar-refractivity contribution in [1.29, 1.82) is 0 Å². The van der Waals surface area contributed by atoms with E-state index in [1.807, 2.05) is 25.2 Å². The maximum Gasteiger partial charge on any atom is 0.191 e. The van der Waals surface area contributed by atoms with Gasteiger partial charge in [0.25, 0.3) is 0 Å². The molecule has 3 aromatic rings. The van der Waals surface area contributed by atoms with Gasteiger partial charge in [-0.25, -0.2) is 4.98 Å². The lowest BCUT2D eigenvalue weighted by atomic mass is 9.95. The lowest BCUT2D eigenvalue weighted by Crippen LogP contribution is -2.41. The second kappa shape index (κ2) is 10.3. The lowest BCUT2D eigenvalue weighted by Gasteiger charge is -2.21. The van der Waals surface area contributed by atoms with Crippen LogP contribution in [0.4, 0.5) is 0 Å². The van der Waals surface area contributed by atoms with Gasteiger partial charge in [0.15, 0.2) is 5.96 Å². The number of halogens is 1. The molecule has 1 aliphatic rings. The lowest BCUT2D eigenvalue weighted by molar-refractivity contribution is 0.403. The van der Waals surface area contributed by atoms with Crippen LogP contribution in [0.15, 0.2) is 53.5 Å². The number of guanidine groups is 1. The molecule has 4 rings (SSSR count). The molecular formula is C24H32IN5O. The van der Waals surface area contributed by atoms with Crippen LogP contribution in [-0.4, -0.2) is 42.8 Å². The van der Waals surface area contributed by atoms with E-state index in [0.717, 1.165) is 49.1 Å². The summed E-state index contributed by atoms with van der Waals surface area (Å²) in [6.45, 7) is 4.72. The number of aliphatic imine (C=N–C) groups is 1. The number of nitrogens with one attached hydrogen (secondary N) is 2. The molecule has 6 nitrogen and oxygen atoms in total. The molecule has 0 unspecified atom stereocenters. The van der Waals surface area contributed by atoms with Crippen molar-refractivity contribution in [3.8, 4) is 5.75 Å². The van der Waals surface area contributed by atoms with Gasteiger partial charge < -0.3 is 19.9 Å². The fourth-order valence-corrected chi connectivity index (χ4v) is 4.17. The minimum atomic E-state index is 0. The van der Waals surface area contributed by atoms with Crippen molar-refractivity contribution in [2.24, 2.45) is 4.99 Å². The maximum atomic E-state index is 5.58. The topological polar surface area (TPSA) is 63.5 Å². The molecule has 1 saturated carbocycles. The minimum absolute atomic E-state index is 0. The highest BCUT2D eigenvalue weighted by molar-refractivity contribution is 14.0. The molecule has 0 spiro atoms. The van der Waals surface area contributed by atoms with Crippen LogP contribution in [0.5, 0.6) is 5.75 Å². The Morgan fingerprint density at radius 1 is 1.13 bits per heavy atom. The summed E-state index contributed by atoms with van der Waals surface area (Å²) in [7, 11) is 3.57. The van der Waals surface area contributed by atoms with Gasteiger partial charge in [0.05, 0.1) is 18.1 Å². The van der Waals surface area contributed by atoms with Gasteiger partial charge in [-0.1, -0.05) is 30.3 Å². The maximum absolute atomic E-state index is 5.58. The van der Waals surface area contributed by atoms with E-state index in [2.05, 4.69) is 62.4 Å². The van der Waals surface area contributed by atoms with E-state index in [4.69, 9.17) is 4.74 Å². The first kappa shape index (κ1) is 23.4. The minimum Gasteiger partial charge on any atom is -0.496 e. The zero-order valence-electron chi connectivity index (χ0n) is 18.5. The van der Waals surface area contributed by atoms with Crippen LogP contribution < -0.4 is 15.4 Å². The number of benzene rings is 2. The molecule has 1 fully saturated rings. The Hall–Kier alpha value is -2.29. The molecule has 2 aromatic carbocycles. The first-order chi connectivity index (χ1) is 14.7. The quantitative estimate of drug-likeness (QED) is 0.197. The molecule has 166 valence electrons. The monoisotopic (exact) mass is 533 g/mol. The first-order valence-electron chi connectivity index (χ1n) is 10.7. The van der Waals surface area contributed by atoms with E-state index in [9.17, 15) is 0 Å². The fourth-order valence-electron chi connectivity index (χ4n) is 4.17. The number of hydrogen-bond donors (Lipinski definition) is 2. The number of para-hydroxylation sites is 3. The summed E-state index contributed by atoms with van der Waals surface area (Å²) in [5.74, 6) is 2.89. The Bertz CT molecular complexity index is 1040. The largest absolute Gasteiger partial charge is 0.496 e. The number of fused-ring (bicyclic) bond motifs is 1. The predicted molar refractivity (Wildman–Crippen MR) is 138 cm³/mol. The molecule has 1 heterocycles. The number of aromatic nitrogens is 2. The van der Waals surface area contributed by atoms with Crippen molar-refractivity contribution in [2.45, 2.75) is 38.1 Å². The number of hydrogen-bond acceptors (Lipinski definition) is 3. The number of rotatable bonds is 8.